The van der Waals surface area contributed by atoms with E-state index in [9.17, 15) is 14.9 Å². The highest BCUT2D eigenvalue weighted by molar-refractivity contribution is 6.32. The van der Waals surface area contributed by atoms with Crippen LogP contribution in [0.4, 0.5) is 5.69 Å². The van der Waals surface area contributed by atoms with Gasteiger partial charge in [-0.15, -0.1) is 0 Å². The first-order chi connectivity index (χ1) is 15.0. The summed E-state index contributed by atoms with van der Waals surface area (Å²) in [6, 6.07) is 12.4. The molecule has 2 aromatic carbocycles. The summed E-state index contributed by atoms with van der Waals surface area (Å²) in [6.45, 7) is 0.142. The van der Waals surface area contributed by atoms with E-state index in [0.717, 1.165) is 5.56 Å². The average Bonchev–Trinajstić information content (AvgIpc) is 2.78. The van der Waals surface area contributed by atoms with E-state index in [2.05, 4.69) is 15.5 Å². The summed E-state index contributed by atoms with van der Waals surface area (Å²) in [5.41, 5.74) is 4.16. The summed E-state index contributed by atoms with van der Waals surface area (Å²) in [5, 5.41) is 14.9. The molecule has 0 spiro atoms. The minimum absolute atomic E-state index is 0.000903. The lowest BCUT2D eigenvalue weighted by Gasteiger charge is -2.13. The van der Waals surface area contributed by atoms with Gasteiger partial charge in [-0.3, -0.25) is 19.9 Å². The van der Waals surface area contributed by atoms with E-state index in [4.69, 9.17) is 21.1 Å². The van der Waals surface area contributed by atoms with E-state index in [1.807, 2.05) is 0 Å². The molecule has 0 aliphatic rings. The predicted molar refractivity (Wildman–Crippen MR) is 115 cm³/mol. The minimum Gasteiger partial charge on any atom is -0.493 e. The first-order valence-electron chi connectivity index (χ1n) is 8.95. The number of nitrogens with zero attached hydrogens (tertiary/aromatic N) is 3. The number of benzene rings is 2. The Kier molecular flexibility index (Phi) is 7.13. The topological polar surface area (TPSA) is 116 Å². The van der Waals surface area contributed by atoms with Crippen LogP contribution in [0.15, 0.2) is 66.0 Å². The molecule has 10 heteroatoms. The Balaban J connectivity index is 1.68. The predicted octanol–water partition coefficient (Wildman–Crippen LogP) is 3.99. The number of methoxy groups -OCH3 is 1. The number of nitro benzene ring substituents is 1. The second kappa shape index (κ2) is 10.2. The molecule has 0 aliphatic carbocycles. The number of hydrogen-bond donors (Lipinski definition) is 1. The maximum Gasteiger partial charge on any atom is 0.271 e. The van der Waals surface area contributed by atoms with Crippen LogP contribution in [0, 0.1) is 10.1 Å². The van der Waals surface area contributed by atoms with Crippen LogP contribution in [0.25, 0.3) is 0 Å². The van der Waals surface area contributed by atoms with Crippen molar-refractivity contribution in [1.82, 2.24) is 10.4 Å². The van der Waals surface area contributed by atoms with Crippen LogP contribution in [0.5, 0.6) is 11.5 Å². The molecule has 31 heavy (non-hydrogen) atoms. The Labute approximate surface area is 182 Å². The number of nitrogens with one attached hydrogen (secondary N) is 1. The highest BCUT2D eigenvalue weighted by Gasteiger charge is 2.13. The number of halogens is 1. The van der Waals surface area contributed by atoms with Crippen LogP contribution in [0.3, 0.4) is 0 Å². The number of carbonyl (C=O) groups excluding carboxylic acids is 1. The summed E-state index contributed by atoms with van der Waals surface area (Å²) in [4.78, 5) is 26.1. The Morgan fingerprint density at radius 1 is 1.23 bits per heavy atom. The highest BCUT2D eigenvalue weighted by Crippen LogP contribution is 2.36. The van der Waals surface area contributed by atoms with Gasteiger partial charge in [-0.05, 0) is 47.5 Å². The summed E-state index contributed by atoms with van der Waals surface area (Å²) >= 11 is 6.33. The number of pyridine rings is 1. The Morgan fingerprint density at radius 3 is 2.58 bits per heavy atom. The second-order valence-corrected chi connectivity index (χ2v) is 6.59. The van der Waals surface area contributed by atoms with Crippen LogP contribution >= 0.6 is 11.6 Å². The Hall–Kier alpha value is -3.98. The van der Waals surface area contributed by atoms with E-state index in [1.54, 1.807) is 36.4 Å². The van der Waals surface area contributed by atoms with Crippen molar-refractivity contribution >= 4 is 29.4 Å². The molecule has 0 bridgehead atoms. The third-order valence-electron chi connectivity index (χ3n) is 4.10. The first-order valence-corrected chi connectivity index (χ1v) is 9.33. The maximum absolute atomic E-state index is 12.0. The lowest BCUT2D eigenvalue weighted by Crippen LogP contribution is -2.17. The van der Waals surface area contributed by atoms with Crippen molar-refractivity contribution in [3.05, 3.63) is 92.8 Å². The monoisotopic (exact) mass is 440 g/mol. The van der Waals surface area contributed by atoms with E-state index in [1.165, 1.54) is 37.9 Å². The molecule has 0 atom stereocenters. The van der Waals surface area contributed by atoms with Gasteiger partial charge in [0.25, 0.3) is 11.6 Å². The number of non-ortho nitro benzene ring substituents is 1. The highest BCUT2D eigenvalue weighted by atomic mass is 35.5. The summed E-state index contributed by atoms with van der Waals surface area (Å²) < 4.78 is 11.1. The molecule has 1 N–H and O–H groups in total. The fraction of sp³-hybridized carbons (Fsp3) is 0.0952. The lowest BCUT2D eigenvalue weighted by atomic mass is 10.2. The molecule has 0 saturated heterocycles. The molecule has 0 saturated carbocycles. The third-order valence-corrected chi connectivity index (χ3v) is 4.39. The van der Waals surface area contributed by atoms with Crippen molar-refractivity contribution in [2.45, 2.75) is 6.61 Å². The number of amides is 1. The second-order valence-electron chi connectivity index (χ2n) is 6.18. The van der Waals surface area contributed by atoms with Crippen molar-refractivity contribution in [3.63, 3.8) is 0 Å². The normalized spacial score (nSPS) is 10.6. The van der Waals surface area contributed by atoms with E-state index < -0.39 is 4.92 Å². The molecule has 3 rings (SSSR count). The minimum atomic E-state index is -0.468. The van der Waals surface area contributed by atoms with Gasteiger partial charge in [0.05, 0.1) is 23.3 Å². The van der Waals surface area contributed by atoms with Gasteiger partial charge in [-0.2, -0.15) is 5.10 Å². The number of hydrazone groups is 1. The van der Waals surface area contributed by atoms with Gasteiger partial charge in [0.15, 0.2) is 11.5 Å². The maximum atomic E-state index is 12.0. The van der Waals surface area contributed by atoms with Crippen LogP contribution in [0.1, 0.15) is 21.5 Å². The number of rotatable bonds is 8. The number of ether oxygens (including phenoxy) is 2. The largest absolute Gasteiger partial charge is 0.493 e. The number of hydrogen-bond acceptors (Lipinski definition) is 7. The molecular weight excluding hydrogens is 424 g/mol. The summed E-state index contributed by atoms with van der Waals surface area (Å²) in [7, 11) is 1.47. The Morgan fingerprint density at radius 2 is 1.94 bits per heavy atom. The van der Waals surface area contributed by atoms with Gasteiger partial charge >= 0.3 is 0 Å². The number of nitro groups is 1. The summed E-state index contributed by atoms with van der Waals surface area (Å²) in [5.74, 6) is 0.316. The van der Waals surface area contributed by atoms with Gasteiger partial charge < -0.3 is 9.47 Å². The zero-order chi connectivity index (χ0) is 22.2. The molecule has 0 fully saturated rings. The Bertz CT molecular complexity index is 1100. The smallest absolute Gasteiger partial charge is 0.271 e. The molecule has 1 heterocycles. The third kappa shape index (κ3) is 5.77. The van der Waals surface area contributed by atoms with Crippen molar-refractivity contribution in [1.29, 1.82) is 0 Å². The molecular formula is C21H17ClN4O5. The zero-order valence-electron chi connectivity index (χ0n) is 16.3. The number of carbonyl (C=O) groups is 1. The van der Waals surface area contributed by atoms with E-state index in [0.29, 0.717) is 22.6 Å². The fourth-order valence-electron chi connectivity index (χ4n) is 2.56. The van der Waals surface area contributed by atoms with Crippen LogP contribution in [-0.2, 0) is 6.61 Å². The summed E-state index contributed by atoms with van der Waals surface area (Å²) in [6.07, 6.45) is 4.45. The van der Waals surface area contributed by atoms with Gasteiger partial charge in [-0.25, -0.2) is 5.43 Å². The fourth-order valence-corrected chi connectivity index (χ4v) is 2.83. The van der Waals surface area contributed by atoms with E-state index in [-0.39, 0.29) is 23.2 Å². The van der Waals surface area contributed by atoms with Gasteiger partial charge in [0.2, 0.25) is 0 Å². The molecule has 3 aromatic rings. The van der Waals surface area contributed by atoms with Crippen LogP contribution < -0.4 is 14.9 Å². The van der Waals surface area contributed by atoms with E-state index >= 15 is 0 Å². The quantitative estimate of drug-likeness (QED) is 0.321. The van der Waals surface area contributed by atoms with Crippen LogP contribution in [0.2, 0.25) is 5.02 Å². The standard InChI is InChI=1S/C21H17ClN4O5/c1-30-19-11-15(12-24-25-21(27)16-6-8-23-9-7-16)10-18(22)20(19)31-13-14-2-4-17(5-3-14)26(28)29/h2-12H,13H2,1H3,(H,25,27)/b24-12-. The lowest BCUT2D eigenvalue weighted by molar-refractivity contribution is -0.384. The average molecular weight is 441 g/mol. The zero-order valence-corrected chi connectivity index (χ0v) is 17.1. The molecule has 158 valence electrons. The molecule has 0 aliphatic heterocycles. The van der Waals surface area contributed by atoms with Crippen molar-refractivity contribution in [2.24, 2.45) is 5.10 Å². The van der Waals surface area contributed by atoms with Gasteiger partial charge in [0, 0.05) is 30.1 Å². The van der Waals surface area contributed by atoms with Gasteiger partial charge in [-0.1, -0.05) is 11.6 Å². The van der Waals surface area contributed by atoms with Gasteiger partial charge in [0.1, 0.15) is 6.61 Å². The first kappa shape index (κ1) is 21.7. The molecule has 1 aromatic heterocycles. The van der Waals surface area contributed by atoms with Crippen molar-refractivity contribution in [3.8, 4) is 11.5 Å². The van der Waals surface area contributed by atoms with Crippen molar-refractivity contribution < 1.29 is 19.2 Å². The molecule has 1 amide bonds. The SMILES string of the molecule is COc1cc(/C=N\NC(=O)c2ccncc2)cc(Cl)c1OCc1ccc([N+](=O)[O-])cc1. The molecule has 0 unspecified atom stereocenters. The number of aromatic nitrogens is 1. The molecule has 0 radical (unpaired) electrons. The van der Waals surface area contributed by atoms with Crippen LogP contribution in [-0.4, -0.2) is 29.1 Å². The van der Waals surface area contributed by atoms with Crippen molar-refractivity contribution in [2.75, 3.05) is 7.11 Å². The molecule has 9 nitrogen and oxygen atoms in total.